The summed E-state index contributed by atoms with van der Waals surface area (Å²) in [5.41, 5.74) is -0.851. The number of aliphatic hydroxyl groups is 15. The van der Waals surface area contributed by atoms with Gasteiger partial charge < -0.3 is 136 Å². The number of nitrogens with one attached hydrogen (secondary N) is 2. The minimum atomic E-state index is -1.37. The van der Waals surface area contributed by atoms with E-state index in [0.29, 0.717) is 64.4 Å². The van der Waals surface area contributed by atoms with E-state index in [1.165, 1.54) is 0 Å². The molecular weight excluding hydrogens is 991 g/mol. The molecule has 0 saturated carbocycles. The Bertz CT molecular complexity index is 1170. The Hall–Kier alpha value is -1.08. The molecule has 0 spiro atoms. The van der Waals surface area contributed by atoms with Gasteiger partial charge in [0.2, 0.25) is 0 Å². The van der Waals surface area contributed by atoms with Crippen LogP contribution in [0, 0.1) is 16.2 Å². The molecule has 0 amide bonds. The third kappa shape index (κ3) is 28.7. The first-order chi connectivity index (χ1) is 35.4. The summed E-state index contributed by atoms with van der Waals surface area (Å²) in [5.74, 6) is 0. The number of nitrogens with two attached hydrogens (primary N) is 1. The summed E-state index contributed by atoms with van der Waals surface area (Å²) in [7, 11) is 0. The van der Waals surface area contributed by atoms with Crippen molar-refractivity contribution in [1.82, 2.24) is 10.6 Å². The van der Waals surface area contributed by atoms with Gasteiger partial charge in [-0.15, -0.1) is 0 Å². The zero-order valence-corrected chi connectivity index (χ0v) is 43.8. The topological polar surface area (TPSA) is 446 Å². The van der Waals surface area contributed by atoms with Crippen LogP contribution < -0.4 is 16.4 Å². The summed E-state index contributed by atoms with van der Waals surface area (Å²) in [6.07, 6.45) is -0.553. The summed E-state index contributed by atoms with van der Waals surface area (Å²) < 4.78 is 50.3. The summed E-state index contributed by atoms with van der Waals surface area (Å²) >= 11 is 0. The van der Waals surface area contributed by atoms with Gasteiger partial charge in [-0.2, -0.15) is 0 Å². The number of ether oxygens (including phenoxy) is 9. The predicted molar refractivity (Wildman–Crippen MR) is 263 cm³/mol. The van der Waals surface area contributed by atoms with Crippen molar-refractivity contribution in [2.45, 2.75) is 92.8 Å². The molecule has 0 aromatic heterocycles. The Balaban J connectivity index is 0.000000761. The number of β-amino-alcohol motifs (C(OH)–C–C–N with tert-alkyl or cyclic N) is 2. The summed E-state index contributed by atoms with van der Waals surface area (Å²) in [6.45, 7) is 3.87. The van der Waals surface area contributed by atoms with E-state index in [1.807, 2.05) is 6.92 Å². The standard InChI is InChI=1S/C28H60N2O15.C15H26O6.C4H11NO3/c1-2-25(19-43-7-22(40)3-4-26(10-31,11-32)12-33,20-44-8-23(41)5-29-27(13-34,14-35)15-36)21-45-9-24(42)6-30-28(16-37,17-38)18-39;1-2-15(9-16-3-12-6-19-12,10-17-4-13-7-20-13)11-18-5-14-8-21-14;5-4(1-6,2-7)3-8/h22-24,29-42H,2-21H2,1H3;12-14H,2-11H2,1H3;6-8H,1-3,5H2. The first-order valence-corrected chi connectivity index (χ1v) is 25.3. The summed E-state index contributed by atoms with van der Waals surface area (Å²) in [5, 5.41) is 147. The Morgan fingerprint density at radius 1 is 0.432 bits per heavy atom. The Morgan fingerprint density at radius 2 is 0.716 bits per heavy atom. The van der Waals surface area contributed by atoms with Gasteiger partial charge in [-0.3, -0.25) is 0 Å². The van der Waals surface area contributed by atoms with E-state index in [1.54, 1.807) is 0 Å². The lowest BCUT2D eigenvalue weighted by Crippen LogP contribution is -2.57. The van der Waals surface area contributed by atoms with Crippen LogP contribution >= 0.6 is 0 Å². The molecule has 19 N–H and O–H groups in total. The maximum absolute atomic E-state index is 10.4. The van der Waals surface area contributed by atoms with E-state index in [0.717, 1.165) is 26.2 Å². The third-order valence-corrected chi connectivity index (χ3v) is 13.2. The van der Waals surface area contributed by atoms with Crippen LogP contribution in [0.2, 0.25) is 0 Å². The predicted octanol–water partition coefficient (Wildman–Crippen LogP) is -7.84. The fraction of sp³-hybridized carbons (Fsp3) is 1.00. The van der Waals surface area contributed by atoms with Gasteiger partial charge in [-0.1, -0.05) is 13.8 Å². The van der Waals surface area contributed by atoms with Gasteiger partial charge in [0.25, 0.3) is 0 Å². The normalized spacial score (nSPS) is 20.6. The van der Waals surface area contributed by atoms with Gasteiger partial charge in [0.05, 0.1) is 213 Å². The van der Waals surface area contributed by atoms with Crippen molar-refractivity contribution in [3.63, 3.8) is 0 Å². The van der Waals surface area contributed by atoms with Gasteiger partial charge >= 0.3 is 0 Å². The molecule has 74 heavy (non-hydrogen) atoms. The van der Waals surface area contributed by atoms with Crippen molar-refractivity contribution >= 4 is 0 Å². The minimum absolute atomic E-state index is 0.0153. The van der Waals surface area contributed by atoms with Crippen LogP contribution in [0.15, 0.2) is 0 Å². The first kappa shape index (κ1) is 70.9. The molecule has 3 saturated heterocycles. The number of epoxide rings is 3. The lowest BCUT2D eigenvalue weighted by molar-refractivity contribution is -0.102. The van der Waals surface area contributed by atoms with Crippen LogP contribution in [0.3, 0.4) is 0 Å². The van der Waals surface area contributed by atoms with Crippen molar-refractivity contribution < 1.29 is 119 Å². The van der Waals surface area contributed by atoms with Crippen LogP contribution in [0.5, 0.6) is 0 Å². The number of aliphatic hydroxyl groups excluding tert-OH is 15. The minimum Gasteiger partial charge on any atom is -0.396 e. The fourth-order valence-corrected chi connectivity index (χ4v) is 6.33. The highest BCUT2D eigenvalue weighted by Crippen LogP contribution is 2.28. The highest BCUT2D eigenvalue weighted by Gasteiger charge is 2.36. The molecule has 3 fully saturated rings. The molecule has 444 valence electrons. The van der Waals surface area contributed by atoms with Gasteiger partial charge in [0, 0.05) is 29.3 Å². The highest BCUT2D eigenvalue weighted by molar-refractivity contribution is 4.89. The molecular formula is C47H97N3O24. The average molecular weight is 1090 g/mol. The van der Waals surface area contributed by atoms with Crippen molar-refractivity contribution in [2.75, 3.05) is 191 Å². The largest absolute Gasteiger partial charge is 0.396 e. The summed E-state index contributed by atoms with van der Waals surface area (Å²) in [4.78, 5) is 0. The van der Waals surface area contributed by atoms with Crippen molar-refractivity contribution in [2.24, 2.45) is 22.0 Å². The van der Waals surface area contributed by atoms with E-state index in [2.05, 4.69) is 17.6 Å². The average Bonchev–Trinajstić information content (AvgIpc) is 4.28. The number of rotatable bonds is 47. The molecule has 3 aliphatic rings. The molecule has 6 unspecified atom stereocenters. The smallest absolute Gasteiger partial charge is 0.104 e. The van der Waals surface area contributed by atoms with E-state index in [9.17, 15) is 61.3 Å². The number of hydrogen-bond donors (Lipinski definition) is 18. The Labute approximate surface area is 435 Å². The lowest BCUT2D eigenvalue weighted by Gasteiger charge is -2.34. The van der Waals surface area contributed by atoms with E-state index < -0.39 is 125 Å². The molecule has 0 radical (unpaired) electrons. The van der Waals surface area contributed by atoms with E-state index >= 15 is 0 Å². The monoisotopic (exact) mass is 1090 g/mol. The van der Waals surface area contributed by atoms with Crippen LogP contribution in [-0.4, -0.2) is 321 Å². The fourth-order valence-electron chi connectivity index (χ4n) is 6.33. The quantitative estimate of drug-likeness (QED) is 0.0252. The molecule has 3 heterocycles. The van der Waals surface area contributed by atoms with Crippen LogP contribution in [0.1, 0.15) is 39.5 Å². The van der Waals surface area contributed by atoms with Gasteiger partial charge in [-0.25, -0.2) is 0 Å². The van der Waals surface area contributed by atoms with Gasteiger partial charge in [-0.05, 0) is 25.7 Å². The molecule has 0 aliphatic carbocycles. The maximum atomic E-state index is 10.4. The molecule has 27 nitrogen and oxygen atoms in total. The zero-order valence-electron chi connectivity index (χ0n) is 43.8. The maximum Gasteiger partial charge on any atom is 0.104 e. The number of hydrogen-bond acceptors (Lipinski definition) is 27. The van der Waals surface area contributed by atoms with Crippen LogP contribution in [0.25, 0.3) is 0 Å². The second kappa shape index (κ2) is 38.5. The van der Waals surface area contributed by atoms with Crippen molar-refractivity contribution in [3.05, 3.63) is 0 Å². The van der Waals surface area contributed by atoms with Crippen LogP contribution in [0.4, 0.5) is 0 Å². The summed E-state index contributed by atoms with van der Waals surface area (Å²) in [6, 6.07) is 0. The van der Waals surface area contributed by atoms with E-state index in [4.69, 9.17) is 63.7 Å². The van der Waals surface area contributed by atoms with Gasteiger partial charge in [0.15, 0.2) is 0 Å². The Morgan fingerprint density at radius 3 is 0.946 bits per heavy atom. The van der Waals surface area contributed by atoms with Crippen molar-refractivity contribution in [1.29, 1.82) is 0 Å². The zero-order chi connectivity index (χ0) is 55.6. The van der Waals surface area contributed by atoms with E-state index in [-0.39, 0.29) is 71.0 Å². The molecule has 3 rings (SSSR count). The molecule has 0 aromatic rings. The second-order valence-electron chi connectivity index (χ2n) is 20.2. The highest BCUT2D eigenvalue weighted by atomic mass is 16.6. The van der Waals surface area contributed by atoms with Gasteiger partial charge in [0.1, 0.15) is 18.3 Å². The van der Waals surface area contributed by atoms with Crippen LogP contribution in [-0.2, 0) is 42.6 Å². The molecule has 6 atom stereocenters. The first-order valence-electron chi connectivity index (χ1n) is 25.3. The Kier molecular flexibility index (Phi) is 36.9. The molecule has 0 bridgehead atoms. The van der Waals surface area contributed by atoms with Crippen molar-refractivity contribution in [3.8, 4) is 0 Å². The molecule has 27 heteroatoms. The lowest BCUT2D eigenvalue weighted by atomic mass is 9.85. The molecule has 0 aromatic carbocycles. The SMILES string of the molecule is CCC(COCC(O)CCC(CO)(CO)CO)(COCC(O)CNC(CO)(CO)CO)COCC(O)CNC(CO)(CO)CO.CCC(COCC1CO1)(COCC1CO1)COCC1CO1.NC(CO)(CO)CO. The molecule has 3 aliphatic heterocycles. The third-order valence-electron chi connectivity index (χ3n) is 13.2. The second-order valence-corrected chi connectivity index (χ2v) is 20.2.